The van der Waals surface area contributed by atoms with Gasteiger partial charge in [-0.15, -0.1) is 0 Å². The van der Waals surface area contributed by atoms with Gasteiger partial charge in [0.2, 0.25) is 11.7 Å². The largest absolute Gasteiger partial charge is 0.478 e. The molecule has 14 nitrogen and oxygen atoms in total. The average Bonchev–Trinajstić information content (AvgIpc) is 3.40. The zero-order chi connectivity index (χ0) is 29.2. The molecule has 3 aromatic rings. The first-order valence-corrected chi connectivity index (χ1v) is 14.0. The van der Waals surface area contributed by atoms with Crippen LogP contribution in [0, 0.1) is 0 Å². The Morgan fingerprint density at radius 3 is 2.67 bits per heavy atom. The smallest absolute Gasteiger partial charge is 0.459 e. The van der Waals surface area contributed by atoms with E-state index in [1.165, 1.54) is 24.9 Å². The number of esters is 1. The standard InChI is InChI=1S/C24H32FN6O8P/c1-13(2)37-21(33)14(3)30-40(34,39-15-9-7-6-8-10-15)36-11-16-18(32)24(4,25)22(38-16)31-12-27-17-19(31)28-23(26)29-20(17)35-5/h6-10,12-14,16,18,22,32H,11H2,1-5H3,(H3,26,28,29,30,34)/p+1. The van der Waals surface area contributed by atoms with Crippen LogP contribution >= 0.6 is 7.75 Å². The molecule has 0 aliphatic carbocycles. The maximum absolute atomic E-state index is 15.9. The van der Waals surface area contributed by atoms with Crippen LogP contribution in [-0.4, -0.2) is 69.8 Å². The number of ether oxygens (including phenoxy) is 3. The number of aliphatic hydroxyl groups excluding tert-OH is 1. The summed E-state index contributed by atoms with van der Waals surface area (Å²) in [6.45, 7) is 5.36. The Labute approximate surface area is 229 Å². The van der Waals surface area contributed by atoms with Crippen LogP contribution < -0.4 is 24.6 Å². The number of para-hydroxylation sites is 1. The lowest BCUT2D eigenvalue weighted by atomic mass is 9.98. The molecule has 6 unspecified atom stereocenters. The lowest BCUT2D eigenvalue weighted by Gasteiger charge is -2.25. The van der Waals surface area contributed by atoms with E-state index in [1.54, 1.807) is 44.2 Å². The first kappa shape index (κ1) is 29.6. The van der Waals surface area contributed by atoms with E-state index in [4.69, 9.17) is 29.0 Å². The zero-order valence-electron chi connectivity index (χ0n) is 22.6. The van der Waals surface area contributed by atoms with Gasteiger partial charge in [-0.25, -0.2) is 13.5 Å². The van der Waals surface area contributed by atoms with Crippen LogP contribution in [0.2, 0.25) is 0 Å². The van der Waals surface area contributed by atoms with Crippen molar-refractivity contribution in [1.82, 2.24) is 20.0 Å². The maximum atomic E-state index is 15.9. The molecule has 1 fully saturated rings. The van der Waals surface area contributed by atoms with E-state index in [9.17, 15) is 14.5 Å². The van der Waals surface area contributed by atoms with Crippen LogP contribution in [0.15, 0.2) is 36.7 Å². The number of carbonyl (C=O) groups is 1. The quantitative estimate of drug-likeness (QED) is 0.146. The van der Waals surface area contributed by atoms with Crippen molar-refractivity contribution in [3.05, 3.63) is 36.7 Å². The average molecular weight is 584 g/mol. The summed E-state index contributed by atoms with van der Waals surface area (Å²) in [5.41, 5.74) is 3.92. The number of anilines is 1. The summed E-state index contributed by atoms with van der Waals surface area (Å²) >= 11 is 0. The number of carbonyl (C=O) groups excluding carboxylic acids is 1. The highest BCUT2D eigenvalue weighted by molar-refractivity contribution is 7.52. The molecule has 1 saturated heterocycles. The van der Waals surface area contributed by atoms with Crippen molar-refractivity contribution >= 4 is 30.8 Å². The molecule has 0 spiro atoms. The van der Waals surface area contributed by atoms with E-state index in [0.29, 0.717) is 5.52 Å². The molecule has 3 heterocycles. The molecule has 0 radical (unpaired) electrons. The van der Waals surface area contributed by atoms with Crippen LogP contribution in [0.3, 0.4) is 0 Å². The number of benzene rings is 1. The number of halogens is 1. The Morgan fingerprint density at radius 2 is 2.02 bits per heavy atom. The number of hydrogen-bond donors (Lipinski definition) is 4. The summed E-state index contributed by atoms with van der Waals surface area (Å²) in [5, 5.41) is 13.4. The molecule has 0 bridgehead atoms. The zero-order valence-corrected chi connectivity index (χ0v) is 23.5. The lowest BCUT2D eigenvalue weighted by molar-refractivity contribution is -0.749. The van der Waals surface area contributed by atoms with Crippen LogP contribution in [0.5, 0.6) is 11.6 Å². The fourth-order valence-electron chi connectivity index (χ4n) is 4.14. The van der Waals surface area contributed by atoms with Crippen molar-refractivity contribution in [1.29, 1.82) is 0 Å². The van der Waals surface area contributed by atoms with Gasteiger partial charge in [-0.05, 0) is 39.8 Å². The van der Waals surface area contributed by atoms with Gasteiger partial charge in [0.05, 0.1) is 19.8 Å². The number of nitrogens with zero attached hydrogens (tertiary/aromatic N) is 3. The summed E-state index contributed by atoms with van der Waals surface area (Å²) in [4.78, 5) is 23.4. The van der Waals surface area contributed by atoms with Crippen LogP contribution in [0.1, 0.15) is 33.9 Å². The van der Waals surface area contributed by atoms with E-state index >= 15 is 4.39 Å². The number of methoxy groups -OCH3 is 1. The van der Waals surface area contributed by atoms with E-state index in [0.717, 1.165) is 6.92 Å². The van der Waals surface area contributed by atoms with Gasteiger partial charge in [-0.1, -0.05) is 23.2 Å². The normalized spacial score (nSPS) is 25.1. The minimum atomic E-state index is -4.28. The minimum absolute atomic E-state index is 0.119. The molecule has 16 heteroatoms. The Bertz CT molecular complexity index is 1390. The third kappa shape index (κ3) is 6.18. The molecule has 6 atom stereocenters. The van der Waals surface area contributed by atoms with Crippen molar-refractivity contribution in [3.63, 3.8) is 0 Å². The van der Waals surface area contributed by atoms with Gasteiger partial charge < -0.3 is 29.6 Å². The molecule has 0 saturated carbocycles. The molecular weight excluding hydrogens is 550 g/mol. The topological polar surface area (TPSA) is 184 Å². The SMILES string of the molecule is COc1nc(N)nc2c1[nH]c[n+]2C1OC(COP(=O)(NC(C)C(=O)OC(C)C)Oc2ccccc2)C(O)C1(C)F. The second kappa shape index (κ2) is 11.6. The molecule has 0 amide bonds. The molecule has 1 aliphatic heterocycles. The molecule has 218 valence electrons. The molecule has 40 heavy (non-hydrogen) atoms. The van der Waals surface area contributed by atoms with Crippen LogP contribution in [0.25, 0.3) is 11.2 Å². The Balaban J connectivity index is 1.56. The van der Waals surface area contributed by atoms with Crippen LogP contribution in [0.4, 0.5) is 10.3 Å². The second-order valence-electron chi connectivity index (χ2n) is 9.63. The predicted octanol–water partition coefficient (Wildman–Crippen LogP) is 1.96. The number of fused-ring (bicyclic) bond motifs is 1. The van der Waals surface area contributed by atoms with Gasteiger partial charge in [-0.3, -0.25) is 14.3 Å². The maximum Gasteiger partial charge on any atom is 0.459 e. The lowest BCUT2D eigenvalue weighted by Crippen LogP contribution is -2.50. The monoisotopic (exact) mass is 583 g/mol. The fourth-order valence-corrected chi connectivity index (χ4v) is 5.64. The van der Waals surface area contributed by atoms with Gasteiger partial charge >= 0.3 is 25.3 Å². The molecule has 5 N–H and O–H groups in total. The van der Waals surface area contributed by atoms with Gasteiger partial charge in [0.1, 0.15) is 24.0 Å². The Morgan fingerprint density at radius 1 is 1.32 bits per heavy atom. The van der Waals surface area contributed by atoms with Gasteiger partial charge in [0.25, 0.3) is 5.88 Å². The number of imidazole rings is 1. The minimum Gasteiger partial charge on any atom is -0.478 e. The molecule has 2 aromatic heterocycles. The number of aromatic nitrogens is 4. The number of aliphatic hydroxyl groups is 1. The number of aromatic amines is 1. The van der Waals surface area contributed by atoms with E-state index in [2.05, 4.69) is 20.0 Å². The third-order valence-corrected chi connectivity index (χ3v) is 7.71. The third-order valence-electron chi connectivity index (χ3n) is 6.06. The van der Waals surface area contributed by atoms with Gasteiger partial charge in [0.15, 0.2) is 12.0 Å². The van der Waals surface area contributed by atoms with E-state index in [1.807, 2.05) is 0 Å². The van der Waals surface area contributed by atoms with Crippen LogP contribution in [-0.2, 0) is 23.4 Å². The number of alkyl halides is 1. The predicted molar refractivity (Wildman–Crippen MR) is 139 cm³/mol. The summed E-state index contributed by atoms with van der Waals surface area (Å²) in [6.07, 6.45) is -3.44. The number of nitrogens with two attached hydrogens (primary N) is 1. The summed E-state index contributed by atoms with van der Waals surface area (Å²) in [6, 6.07) is 7.04. The van der Waals surface area contributed by atoms with E-state index < -0.39 is 56.6 Å². The Kier molecular flexibility index (Phi) is 8.61. The summed E-state index contributed by atoms with van der Waals surface area (Å²) in [7, 11) is -2.89. The van der Waals surface area contributed by atoms with E-state index in [-0.39, 0.29) is 23.2 Å². The highest BCUT2D eigenvalue weighted by Gasteiger charge is 2.58. The highest BCUT2D eigenvalue weighted by atomic mass is 31.2. The number of rotatable bonds is 11. The number of nitrogens with one attached hydrogen (secondary N) is 2. The first-order valence-electron chi connectivity index (χ1n) is 12.4. The fraction of sp³-hybridized carbons (Fsp3) is 0.500. The van der Waals surface area contributed by atoms with Crippen molar-refractivity contribution in [2.24, 2.45) is 0 Å². The van der Waals surface area contributed by atoms with Crippen molar-refractivity contribution in [2.45, 2.75) is 63.9 Å². The molecular formula is C24H33FN6O8P+. The highest BCUT2D eigenvalue weighted by Crippen LogP contribution is 2.47. The number of H-pyrrole nitrogens is 1. The van der Waals surface area contributed by atoms with Gasteiger partial charge in [-0.2, -0.15) is 10.1 Å². The Hall–Kier alpha value is -3.36. The van der Waals surface area contributed by atoms with Crippen molar-refractivity contribution in [3.8, 4) is 11.6 Å². The summed E-state index contributed by atoms with van der Waals surface area (Å²) in [5.74, 6) is -0.483. The number of nitrogen functional groups attached to an aromatic ring is 1. The van der Waals surface area contributed by atoms with Gasteiger partial charge in [0, 0.05) is 0 Å². The van der Waals surface area contributed by atoms with Crippen molar-refractivity contribution in [2.75, 3.05) is 19.5 Å². The number of hydrogen-bond acceptors (Lipinski definition) is 11. The second-order valence-corrected chi connectivity index (χ2v) is 11.3. The van der Waals surface area contributed by atoms with Crippen molar-refractivity contribution < 1.29 is 46.7 Å². The molecule has 4 rings (SSSR count). The first-order chi connectivity index (χ1) is 18.8. The summed E-state index contributed by atoms with van der Waals surface area (Å²) < 4.78 is 58.4. The molecule has 1 aliphatic rings. The molecule has 1 aromatic carbocycles.